The van der Waals surface area contributed by atoms with E-state index in [9.17, 15) is 18.5 Å². The maximum Gasteiger partial charge on any atom is 0.270 e. The minimum Gasteiger partial charge on any atom is -0.360 e. The largest absolute Gasteiger partial charge is 0.360 e. The maximum absolute atomic E-state index is 12.7. The Labute approximate surface area is 142 Å². The topological polar surface area (TPSA) is 105 Å². The molecule has 3 aromatic rings. The third-order valence-electron chi connectivity index (χ3n) is 3.64. The van der Waals surface area contributed by atoms with E-state index in [0.29, 0.717) is 21.8 Å². The molecule has 0 spiro atoms. The van der Waals surface area contributed by atoms with E-state index in [1.807, 2.05) is 0 Å². The van der Waals surface area contributed by atoms with Crippen molar-refractivity contribution < 1.29 is 13.3 Å². The number of hydrogen-bond donors (Lipinski definition) is 2. The van der Waals surface area contributed by atoms with Gasteiger partial charge in [-0.2, -0.15) is 0 Å². The SMILES string of the molecule is Cc1c(Cl)cccc1NS(=O)(=O)c1c[nH]c2ccc([N+](=O)[O-])cc12. The van der Waals surface area contributed by atoms with Crippen LogP contribution in [0.4, 0.5) is 11.4 Å². The lowest BCUT2D eigenvalue weighted by molar-refractivity contribution is -0.384. The molecule has 0 aliphatic carbocycles. The van der Waals surface area contributed by atoms with Gasteiger partial charge in [0.05, 0.1) is 10.6 Å². The molecule has 3 rings (SSSR count). The van der Waals surface area contributed by atoms with Gasteiger partial charge in [0.25, 0.3) is 15.7 Å². The quantitative estimate of drug-likeness (QED) is 0.541. The summed E-state index contributed by atoms with van der Waals surface area (Å²) in [7, 11) is -3.94. The molecule has 0 aliphatic rings. The normalized spacial score (nSPS) is 11.6. The second-order valence-corrected chi connectivity index (χ2v) is 7.22. The van der Waals surface area contributed by atoms with Crippen LogP contribution in [0.3, 0.4) is 0 Å². The van der Waals surface area contributed by atoms with E-state index in [1.165, 1.54) is 24.4 Å². The Bertz CT molecular complexity index is 1060. The van der Waals surface area contributed by atoms with Crippen LogP contribution in [0.25, 0.3) is 10.9 Å². The van der Waals surface area contributed by atoms with Crippen LogP contribution in [0.2, 0.25) is 5.02 Å². The van der Waals surface area contributed by atoms with Gasteiger partial charge < -0.3 is 4.98 Å². The number of sulfonamides is 1. The van der Waals surface area contributed by atoms with Crippen LogP contribution in [-0.4, -0.2) is 18.3 Å². The van der Waals surface area contributed by atoms with E-state index >= 15 is 0 Å². The van der Waals surface area contributed by atoms with Crippen LogP contribution in [-0.2, 0) is 10.0 Å². The summed E-state index contributed by atoms with van der Waals surface area (Å²) >= 11 is 6.00. The fraction of sp³-hybridized carbons (Fsp3) is 0.0667. The van der Waals surface area contributed by atoms with Gasteiger partial charge in [0.15, 0.2) is 0 Å². The third kappa shape index (κ3) is 2.81. The van der Waals surface area contributed by atoms with Crippen molar-refractivity contribution in [1.82, 2.24) is 4.98 Å². The molecule has 1 heterocycles. The van der Waals surface area contributed by atoms with Crippen molar-refractivity contribution >= 4 is 43.9 Å². The highest BCUT2D eigenvalue weighted by Gasteiger charge is 2.22. The zero-order chi connectivity index (χ0) is 17.5. The molecule has 1 aromatic heterocycles. The first-order chi connectivity index (χ1) is 11.3. The Morgan fingerprint density at radius 2 is 2.00 bits per heavy atom. The van der Waals surface area contributed by atoms with Crippen molar-refractivity contribution in [3.63, 3.8) is 0 Å². The van der Waals surface area contributed by atoms with E-state index in [0.717, 1.165) is 0 Å². The van der Waals surface area contributed by atoms with Crippen LogP contribution in [0, 0.1) is 17.0 Å². The molecule has 0 atom stereocenters. The Balaban J connectivity index is 2.10. The van der Waals surface area contributed by atoms with Crippen LogP contribution in [0.1, 0.15) is 5.56 Å². The Hall–Kier alpha value is -2.58. The van der Waals surface area contributed by atoms with E-state index in [-0.39, 0.29) is 16.0 Å². The van der Waals surface area contributed by atoms with Crippen LogP contribution >= 0.6 is 11.6 Å². The zero-order valence-electron chi connectivity index (χ0n) is 12.4. The fourth-order valence-electron chi connectivity index (χ4n) is 2.34. The monoisotopic (exact) mass is 365 g/mol. The molecule has 0 saturated carbocycles. The molecule has 7 nitrogen and oxygen atoms in total. The van der Waals surface area contributed by atoms with Crippen molar-refractivity contribution in [3.8, 4) is 0 Å². The summed E-state index contributed by atoms with van der Waals surface area (Å²) in [5, 5.41) is 11.6. The van der Waals surface area contributed by atoms with Gasteiger partial charge >= 0.3 is 0 Å². The molecular weight excluding hydrogens is 354 g/mol. The lowest BCUT2D eigenvalue weighted by atomic mass is 10.2. The van der Waals surface area contributed by atoms with Crippen molar-refractivity contribution in [1.29, 1.82) is 0 Å². The first-order valence-electron chi connectivity index (χ1n) is 6.83. The lowest BCUT2D eigenvalue weighted by Crippen LogP contribution is -2.13. The summed E-state index contributed by atoms with van der Waals surface area (Å²) in [6.07, 6.45) is 1.30. The van der Waals surface area contributed by atoms with Gasteiger partial charge in [-0.15, -0.1) is 0 Å². The average molecular weight is 366 g/mol. The number of halogens is 1. The highest BCUT2D eigenvalue weighted by atomic mass is 35.5. The first kappa shape index (κ1) is 16.3. The molecular formula is C15H12ClN3O4S. The number of nitrogens with one attached hydrogen (secondary N) is 2. The number of fused-ring (bicyclic) bond motifs is 1. The molecule has 0 bridgehead atoms. The van der Waals surface area contributed by atoms with E-state index in [2.05, 4.69) is 9.71 Å². The molecule has 2 N–H and O–H groups in total. The standard InChI is InChI=1S/C15H12ClN3O4S/c1-9-12(16)3-2-4-13(9)18-24(22,23)15-8-17-14-6-5-10(19(20)21)7-11(14)15/h2-8,17-18H,1H3. The maximum atomic E-state index is 12.7. The number of benzene rings is 2. The molecule has 9 heteroatoms. The Morgan fingerprint density at radius 1 is 1.25 bits per heavy atom. The van der Waals surface area contributed by atoms with E-state index in [4.69, 9.17) is 11.6 Å². The van der Waals surface area contributed by atoms with Crippen LogP contribution in [0.5, 0.6) is 0 Å². The third-order valence-corrected chi connectivity index (χ3v) is 5.45. The molecule has 2 aromatic carbocycles. The average Bonchev–Trinajstić information content (AvgIpc) is 2.95. The fourth-order valence-corrected chi connectivity index (χ4v) is 3.80. The molecule has 0 aliphatic heterocycles. The summed E-state index contributed by atoms with van der Waals surface area (Å²) in [5.41, 5.74) is 1.25. The summed E-state index contributed by atoms with van der Waals surface area (Å²) in [4.78, 5) is 13.1. The number of non-ortho nitro benzene ring substituents is 1. The molecule has 24 heavy (non-hydrogen) atoms. The van der Waals surface area contributed by atoms with Crippen molar-refractivity contribution in [3.05, 3.63) is 63.3 Å². The second kappa shape index (κ2) is 5.81. The van der Waals surface area contributed by atoms with Gasteiger partial charge in [0.2, 0.25) is 0 Å². The zero-order valence-corrected chi connectivity index (χ0v) is 14.0. The lowest BCUT2D eigenvalue weighted by Gasteiger charge is -2.10. The minimum atomic E-state index is -3.94. The molecule has 0 unspecified atom stereocenters. The van der Waals surface area contributed by atoms with Gasteiger partial charge in [-0.3, -0.25) is 14.8 Å². The molecule has 0 radical (unpaired) electrons. The number of aromatic amines is 1. The minimum absolute atomic E-state index is 0.0689. The molecule has 0 fully saturated rings. The second-order valence-electron chi connectivity index (χ2n) is 5.16. The number of nitro benzene ring substituents is 1. The smallest absolute Gasteiger partial charge is 0.270 e. The van der Waals surface area contributed by atoms with Crippen LogP contribution in [0.15, 0.2) is 47.5 Å². The number of rotatable bonds is 4. The van der Waals surface area contributed by atoms with Gasteiger partial charge in [-0.05, 0) is 30.7 Å². The van der Waals surface area contributed by atoms with E-state index < -0.39 is 14.9 Å². The van der Waals surface area contributed by atoms with Crippen molar-refractivity contribution in [2.24, 2.45) is 0 Å². The summed E-state index contributed by atoms with van der Waals surface area (Å²) in [6, 6.07) is 8.89. The molecule has 124 valence electrons. The summed E-state index contributed by atoms with van der Waals surface area (Å²) in [5.74, 6) is 0. The van der Waals surface area contributed by atoms with Crippen molar-refractivity contribution in [2.75, 3.05) is 4.72 Å². The summed E-state index contributed by atoms with van der Waals surface area (Å²) < 4.78 is 27.8. The number of nitrogens with zero attached hydrogens (tertiary/aromatic N) is 1. The van der Waals surface area contributed by atoms with E-state index in [1.54, 1.807) is 25.1 Å². The molecule has 0 saturated heterocycles. The summed E-state index contributed by atoms with van der Waals surface area (Å²) in [6.45, 7) is 1.69. The molecule has 0 amide bonds. The number of aromatic nitrogens is 1. The highest BCUT2D eigenvalue weighted by Crippen LogP contribution is 2.30. The van der Waals surface area contributed by atoms with Gasteiger partial charge in [-0.25, -0.2) is 8.42 Å². The Morgan fingerprint density at radius 3 is 2.71 bits per heavy atom. The van der Waals surface area contributed by atoms with Crippen LogP contribution < -0.4 is 4.72 Å². The highest BCUT2D eigenvalue weighted by molar-refractivity contribution is 7.93. The van der Waals surface area contributed by atoms with Gasteiger partial charge in [0, 0.05) is 34.3 Å². The number of hydrogen-bond acceptors (Lipinski definition) is 4. The Kier molecular flexibility index (Phi) is 3.94. The first-order valence-corrected chi connectivity index (χ1v) is 8.69. The van der Waals surface area contributed by atoms with Crippen molar-refractivity contribution in [2.45, 2.75) is 11.8 Å². The van der Waals surface area contributed by atoms with Gasteiger partial charge in [-0.1, -0.05) is 17.7 Å². The number of anilines is 1. The number of H-pyrrole nitrogens is 1. The van der Waals surface area contributed by atoms with Gasteiger partial charge in [0.1, 0.15) is 4.90 Å². The predicted octanol–water partition coefficient (Wildman–Crippen LogP) is 3.84. The number of nitro groups is 1. The predicted molar refractivity (Wildman–Crippen MR) is 92.0 cm³/mol.